The molecule has 3 heteroatoms. The molecule has 0 spiro atoms. The van der Waals surface area contributed by atoms with Crippen molar-refractivity contribution in [3.8, 4) is 0 Å². The van der Waals surface area contributed by atoms with Crippen LogP contribution in [0.25, 0.3) is 0 Å². The van der Waals surface area contributed by atoms with E-state index in [1.54, 1.807) is 0 Å². The SMILES string of the molecule is CC1CCC(C(O)C(C)(C)N2CCOCC2)CC1C. The van der Waals surface area contributed by atoms with Crippen molar-refractivity contribution in [2.24, 2.45) is 17.8 Å². The summed E-state index contributed by atoms with van der Waals surface area (Å²) >= 11 is 0. The van der Waals surface area contributed by atoms with E-state index in [0.29, 0.717) is 5.92 Å². The van der Waals surface area contributed by atoms with Crippen LogP contribution in [0.3, 0.4) is 0 Å². The van der Waals surface area contributed by atoms with Gasteiger partial charge in [-0.25, -0.2) is 0 Å². The second-order valence-electron chi connectivity index (χ2n) is 7.23. The Hall–Kier alpha value is -0.120. The zero-order valence-electron chi connectivity index (χ0n) is 13.1. The van der Waals surface area contributed by atoms with Gasteiger partial charge in [0.15, 0.2) is 0 Å². The van der Waals surface area contributed by atoms with Gasteiger partial charge in [0, 0.05) is 18.6 Å². The zero-order chi connectivity index (χ0) is 14.0. The summed E-state index contributed by atoms with van der Waals surface area (Å²) in [6, 6.07) is 0. The van der Waals surface area contributed by atoms with Crippen LogP contribution in [0, 0.1) is 17.8 Å². The molecular formula is C16H31NO2. The smallest absolute Gasteiger partial charge is 0.0746 e. The van der Waals surface area contributed by atoms with E-state index in [2.05, 4.69) is 32.6 Å². The van der Waals surface area contributed by atoms with Gasteiger partial charge >= 0.3 is 0 Å². The Morgan fingerprint density at radius 1 is 1.11 bits per heavy atom. The maximum Gasteiger partial charge on any atom is 0.0746 e. The maximum absolute atomic E-state index is 10.9. The summed E-state index contributed by atoms with van der Waals surface area (Å²) in [5, 5.41) is 10.9. The Morgan fingerprint density at radius 3 is 2.32 bits per heavy atom. The summed E-state index contributed by atoms with van der Waals surface area (Å²) < 4.78 is 5.43. The van der Waals surface area contributed by atoms with Gasteiger partial charge in [-0.1, -0.05) is 20.3 Å². The Bertz CT molecular complexity index is 286. The molecule has 2 rings (SSSR count). The Labute approximate surface area is 118 Å². The van der Waals surface area contributed by atoms with Gasteiger partial charge < -0.3 is 9.84 Å². The van der Waals surface area contributed by atoms with E-state index in [1.165, 1.54) is 19.3 Å². The normalized spacial score (nSPS) is 36.2. The summed E-state index contributed by atoms with van der Waals surface area (Å²) in [5.41, 5.74) is -0.130. The summed E-state index contributed by atoms with van der Waals surface area (Å²) in [6.45, 7) is 12.6. The van der Waals surface area contributed by atoms with Crippen LogP contribution >= 0.6 is 0 Å². The molecule has 1 aliphatic carbocycles. The molecule has 0 bridgehead atoms. The molecule has 4 unspecified atom stereocenters. The van der Waals surface area contributed by atoms with Gasteiger partial charge in [0.1, 0.15) is 0 Å². The third-order valence-electron chi connectivity index (χ3n) is 5.64. The number of aliphatic hydroxyl groups is 1. The average molecular weight is 269 g/mol. The number of hydrogen-bond donors (Lipinski definition) is 1. The van der Waals surface area contributed by atoms with Gasteiger partial charge in [-0.05, 0) is 44.4 Å². The molecule has 2 fully saturated rings. The number of aliphatic hydroxyl groups excluding tert-OH is 1. The molecule has 0 amide bonds. The largest absolute Gasteiger partial charge is 0.391 e. The van der Waals surface area contributed by atoms with E-state index >= 15 is 0 Å². The molecule has 19 heavy (non-hydrogen) atoms. The van der Waals surface area contributed by atoms with Crippen molar-refractivity contribution in [2.75, 3.05) is 26.3 Å². The predicted octanol–water partition coefficient (Wildman–Crippen LogP) is 2.53. The fraction of sp³-hybridized carbons (Fsp3) is 1.00. The highest BCUT2D eigenvalue weighted by Gasteiger charge is 2.41. The van der Waals surface area contributed by atoms with Crippen molar-refractivity contribution >= 4 is 0 Å². The van der Waals surface area contributed by atoms with E-state index in [1.807, 2.05) is 0 Å². The van der Waals surface area contributed by atoms with Crippen molar-refractivity contribution < 1.29 is 9.84 Å². The lowest BCUT2D eigenvalue weighted by molar-refractivity contribution is -0.0898. The highest BCUT2D eigenvalue weighted by Crippen LogP contribution is 2.38. The minimum absolute atomic E-state index is 0.130. The van der Waals surface area contributed by atoms with Crippen LogP contribution in [0.1, 0.15) is 47.0 Å². The predicted molar refractivity (Wildman–Crippen MR) is 78.1 cm³/mol. The van der Waals surface area contributed by atoms with E-state index in [0.717, 1.165) is 38.1 Å². The van der Waals surface area contributed by atoms with Crippen LogP contribution in [0.5, 0.6) is 0 Å². The van der Waals surface area contributed by atoms with Crippen LogP contribution in [-0.2, 0) is 4.74 Å². The van der Waals surface area contributed by atoms with Gasteiger partial charge in [0.2, 0.25) is 0 Å². The quantitative estimate of drug-likeness (QED) is 0.854. The van der Waals surface area contributed by atoms with Gasteiger partial charge in [-0.15, -0.1) is 0 Å². The number of rotatable bonds is 3. The average Bonchev–Trinajstić information content (AvgIpc) is 2.42. The first kappa shape index (κ1) is 15.3. The molecule has 1 N–H and O–H groups in total. The standard InChI is InChI=1S/C16H31NO2/c1-12-5-6-14(11-13(12)2)15(18)16(3,4)17-7-9-19-10-8-17/h12-15,18H,5-11H2,1-4H3. The van der Waals surface area contributed by atoms with E-state index in [4.69, 9.17) is 4.74 Å². The minimum Gasteiger partial charge on any atom is -0.391 e. The van der Waals surface area contributed by atoms with Crippen LogP contribution in [-0.4, -0.2) is 48.0 Å². The first-order valence-electron chi connectivity index (χ1n) is 7.93. The Balaban J connectivity index is 1.98. The van der Waals surface area contributed by atoms with Crippen molar-refractivity contribution in [3.63, 3.8) is 0 Å². The van der Waals surface area contributed by atoms with Gasteiger partial charge in [0.25, 0.3) is 0 Å². The second kappa shape index (κ2) is 6.11. The highest BCUT2D eigenvalue weighted by atomic mass is 16.5. The lowest BCUT2D eigenvalue weighted by atomic mass is 9.70. The molecule has 1 saturated carbocycles. The summed E-state index contributed by atoms with van der Waals surface area (Å²) in [7, 11) is 0. The van der Waals surface area contributed by atoms with Gasteiger partial charge in [0.05, 0.1) is 19.3 Å². The lowest BCUT2D eigenvalue weighted by Crippen LogP contribution is -2.58. The molecule has 1 aliphatic heterocycles. The first-order valence-corrected chi connectivity index (χ1v) is 7.93. The van der Waals surface area contributed by atoms with Crippen LogP contribution in [0.15, 0.2) is 0 Å². The number of ether oxygens (including phenoxy) is 1. The summed E-state index contributed by atoms with van der Waals surface area (Å²) in [5.74, 6) is 2.02. The van der Waals surface area contributed by atoms with Crippen LogP contribution in [0.2, 0.25) is 0 Å². The minimum atomic E-state index is -0.222. The second-order valence-corrected chi connectivity index (χ2v) is 7.23. The van der Waals surface area contributed by atoms with Crippen molar-refractivity contribution in [1.82, 2.24) is 4.90 Å². The molecule has 0 aromatic carbocycles. The summed E-state index contributed by atoms with van der Waals surface area (Å²) in [4.78, 5) is 2.41. The Kier molecular flexibility index (Phi) is 4.91. The molecule has 0 aromatic rings. The number of hydrogen-bond acceptors (Lipinski definition) is 3. The molecule has 0 aromatic heterocycles. The first-order chi connectivity index (χ1) is 8.93. The molecule has 112 valence electrons. The van der Waals surface area contributed by atoms with Crippen molar-refractivity contribution in [3.05, 3.63) is 0 Å². The fourth-order valence-corrected chi connectivity index (χ4v) is 3.78. The number of nitrogens with zero attached hydrogens (tertiary/aromatic N) is 1. The maximum atomic E-state index is 10.9. The third-order valence-corrected chi connectivity index (χ3v) is 5.64. The van der Waals surface area contributed by atoms with Crippen molar-refractivity contribution in [1.29, 1.82) is 0 Å². The molecule has 4 atom stereocenters. The van der Waals surface area contributed by atoms with Crippen LogP contribution < -0.4 is 0 Å². The van der Waals surface area contributed by atoms with E-state index in [-0.39, 0.29) is 11.6 Å². The van der Waals surface area contributed by atoms with Crippen molar-refractivity contribution in [2.45, 2.75) is 58.6 Å². The van der Waals surface area contributed by atoms with Crippen LogP contribution in [0.4, 0.5) is 0 Å². The molecule has 2 aliphatic rings. The monoisotopic (exact) mass is 269 g/mol. The van der Waals surface area contributed by atoms with E-state index < -0.39 is 0 Å². The lowest BCUT2D eigenvalue weighted by Gasteiger charge is -2.48. The topological polar surface area (TPSA) is 32.7 Å². The highest BCUT2D eigenvalue weighted by molar-refractivity contribution is 4.95. The Morgan fingerprint density at radius 2 is 1.74 bits per heavy atom. The van der Waals surface area contributed by atoms with Gasteiger partial charge in [-0.3, -0.25) is 4.90 Å². The summed E-state index contributed by atoms with van der Waals surface area (Å²) in [6.07, 6.45) is 3.40. The van der Waals surface area contributed by atoms with Gasteiger partial charge in [-0.2, -0.15) is 0 Å². The molecular weight excluding hydrogens is 238 g/mol. The zero-order valence-corrected chi connectivity index (χ0v) is 13.1. The molecule has 1 heterocycles. The molecule has 3 nitrogen and oxygen atoms in total. The number of morpholine rings is 1. The molecule has 0 radical (unpaired) electrons. The third kappa shape index (κ3) is 3.32. The molecule has 1 saturated heterocycles. The van der Waals surface area contributed by atoms with E-state index in [9.17, 15) is 5.11 Å². The fourth-order valence-electron chi connectivity index (χ4n) is 3.78.